The molecular formula is C17H27NO2S. The van der Waals surface area contributed by atoms with Crippen molar-refractivity contribution in [3.63, 3.8) is 0 Å². The molecule has 118 valence electrons. The first-order chi connectivity index (χ1) is 9.99. The summed E-state index contributed by atoms with van der Waals surface area (Å²) in [6, 6.07) is 6.22. The van der Waals surface area contributed by atoms with Crippen molar-refractivity contribution in [3.8, 4) is 5.75 Å². The second-order valence-electron chi connectivity index (χ2n) is 5.36. The molecule has 0 heterocycles. The van der Waals surface area contributed by atoms with Gasteiger partial charge in [-0.1, -0.05) is 0 Å². The lowest BCUT2D eigenvalue weighted by Gasteiger charge is -2.25. The molecule has 3 nitrogen and oxygen atoms in total. The van der Waals surface area contributed by atoms with E-state index < -0.39 is 0 Å². The average Bonchev–Trinajstić information content (AvgIpc) is 2.46. The van der Waals surface area contributed by atoms with E-state index in [0.29, 0.717) is 12.6 Å². The number of Topliss-reactive ketones (excluding diaryl/α,β-unsaturated/α-hetero) is 1. The Bertz CT molecular complexity index is 462. The highest BCUT2D eigenvalue weighted by Crippen LogP contribution is 2.23. The molecule has 0 saturated heterocycles. The zero-order valence-corrected chi connectivity index (χ0v) is 14.6. The fourth-order valence-electron chi connectivity index (χ4n) is 2.15. The Morgan fingerprint density at radius 3 is 2.71 bits per heavy atom. The normalized spacial score (nSPS) is 12.5. The van der Waals surface area contributed by atoms with Gasteiger partial charge in [0.1, 0.15) is 5.75 Å². The lowest BCUT2D eigenvalue weighted by atomic mass is 10.1. The number of carbonyl (C=O) groups excluding carboxylic acids is 1. The molecule has 0 saturated carbocycles. The second kappa shape index (κ2) is 9.11. The molecule has 0 aromatic heterocycles. The summed E-state index contributed by atoms with van der Waals surface area (Å²) in [5.74, 6) is 2.14. The van der Waals surface area contributed by atoms with Crippen LogP contribution in [0.25, 0.3) is 0 Å². The molecule has 21 heavy (non-hydrogen) atoms. The van der Waals surface area contributed by atoms with Gasteiger partial charge in [-0.25, -0.2) is 0 Å². The molecule has 0 fully saturated rings. The molecule has 4 heteroatoms. The number of nitrogens with zero attached hydrogens (tertiary/aromatic N) is 1. The Kier molecular flexibility index (Phi) is 7.83. The smallest absolute Gasteiger partial charge is 0.159 e. The van der Waals surface area contributed by atoms with E-state index in [2.05, 4.69) is 25.1 Å². The predicted octanol–water partition coefficient (Wildman–Crippen LogP) is 3.86. The van der Waals surface area contributed by atoms with Crippen LogP contribution in [0.2, 0.25) is 0 Å². The fraction of sp³-hybridized carbons (Fsp3) is 0.588. The molecule has 0 spiro atoms. The second-order valence-corrected chi connectivity index (χ2v) is 6.34. The molecule has 1 atom stereocenters. The van der Waals surface area contributed by atoms with Gasteiger partial charge in [0.2, 0.25) is 0 Å². The quantitative estimate of drug-likeness (QED) is 0.648. The first kappa shape index (κ1) is 18.1. The summed E-state index contributed by atoms with van der Waals surface area (Å²) in [6.07, 6.45) is 3.30. The van der Waals surface area contributed by atoms with Gasteiger partial charge in [-0.3, -0.25) is 9.69 Å². The van der Waals surface area contributed by atoms with E-state index in [9.17, 15) is 4.79 Å². The summed E-state index contributed by atoms with van der Waals surface area (Å²) in [5.41, 5.74) is 1.83. The summed E-state index contributed by atoms with van der Waals surface area (Å²) >= 11 is 1.88. The minimum atomic E-state index is 0.0948. The molecule has 1 rings (SSSR count). The van der Waals surface area contributed by atoms with Crippen molar-refractivity contribution in [1.29, 1.82) is 0 Å². The van der Waals surface area contributed by atoms with Crippen LogP contribution < -0.4 is 4.74 Å². The van der Waals surface area contributed by atoms with Gasteiger partial charge in [0.05, 0.1) is 6.61 Å². The van der Waals surface area contributed by atoms with Crippen LogP contribution in [0, 0.1) is 0 Å². The van der Waals surface area contributed by atoms with Crippen molar-refractivity contribution in [1.82, 2.24) is 4.90 Å². The lowest BCUT2D eigenvalue weighted by Crippen LogP contribution is -2.29. The minimum Gasteiger partial charge on any atom is -0.494 e. The number of carbonyl (C=O) groups is 1. The van der Waals surface area contributed by atoms with E-state index in [0.717, 1.165) is 35.6 Å². The SMILES string of the molecule is CCOc1ccc(C(C)=O)cc1CN(C)C(C)CCSC. The molecule has 0 aliphatic heterocycles. The van der Waals surface area contributed by atoms with Gasteiger partial charge in [-0.05, 0) is 64.4 Å². The molecule has 0 radical (unpaired) electrons. The molecule has 1 unspecified atom stereocenters. The number of rotatable bonds is 9. The number of hydrogen-bond acceptors (Lipinski definition) is 4. The topological polar surface area (TPSA) is 29.5 Å². The summed E-state index contributed by atoms with van der Waals surface area (Å²) in [7, 11) is 2.13. The van der Waals surface area contributed by atoms with Gasteiger partial charge >= 0.3 is 0 Å². The number of hydrogen-bond donors (Lipinski definition) is 0. The van der Waals surface area contributed by atoms with Crippen LogP contribution in [-0.2, 0) is 6.54 Å². The van der Waals surface area contributed by atoms with E-state index >= 15 is 0 Å². The van der Waals surface area contributed by atoms with Crippen LogP contribution in [-0.4, -0.2) is 42.4 Å². The maximum atomic E-state index is 11.6. The molecule has 1 aromatic carbocycles. The molecular weight excluding hydrogens is 282 g/mol. The van der Waals surface area contributed by atoms with Crippen LogP contribution in [0.3, 0.4) is 0 Å². The number of thioether (sulfide) groups is 1. The standard InChI is InChI=1S/C17H27NO2S/c1-6-20-17-8-7-15(14(3)19)11-16(17)12-18(4)13(2)9-10-21-5/h7-8,11,13H,6,9-10,12H2,1-5H3. The van der Waals surface area contributed by atoms with Crippen molar-refractivity contribution < 1.29 is 9.53 Å². The Balaban J connectivity index is 2.87. The highest BCUT2D eigenvalue weighted by Gasteiger charge is 2.14. The zero-order valence-electron chi connectivity index (χ0n) is 13.8. The average molecular weight is 309 g/mol. The Labute approximate surface area is 133 Å². The minimum absolute atomic E-state index is 0.0948. The summed E-state index contributed by atoms with van der Waals surface area (Å²) < 4.78 is 5.69. The van der Waals surface area contributed by atoms with E-state index in [1.807, 2.05) is 36.9 Å². The summed E-state index contributed by atoms with van der Waals surface area (Å²) in [4.78, 5) is 13.9. The fourth-order valence-corrected chi connectivity index (χ4v) is 2.73. The Morgan fingerprint density at radius 1 is 1.43 bits per heavy atom. The number of benzene rings is 1. The van der Waals surface area contributed by atoms with Crippen molar-refractivity contribution in [2.24, 2.45) is 0 Å². The van der Waals surface area contributed by atoms with E-state index in [1.54, 1.807) is 6.92 Å². The Morgan fingerprint density at radius 2 is 2.14 bits per heavy atom. The summed E-state index contributed by atoms with van der Waals surface area (Å²) in [6.45, 7) is 7.26. The number of ether oxygens (including phenoxy) is 1. The molecule has 0 bridgehead atoms. The zero-order chi connectivity index (χ0) is 15.8. The highest BCUT2D eigenvalue weighted by molar-refractivity contribution is 7.98. The van der Waals surface area contributed by atoms with Crippen molar-refractivity contribution in [2.45, 2.75) is 39.8 Å². The molecule has 0 aliphatic carbocycles. The van der Waals surface area contributed by atoms with Gasteiger partial charge < -0.3 is 4.74 Å². The highest BCUT2D eigenvalue weighted by atomic mass is 32.2. The predicted molar refractivity (Wildman–Crippen MR) is 91.5 cm³/mol. The largest absolute Gasteiger partial charge is 0.494 e. The lowest BCUT2D eigenvalue weighted by molar-refractivity contribution is 0.101. The first-order valence-corrected chi connectivity index (χ1v) is 8.84. The first-order valence-electron chi connectivity index (χ1n) is 7.45. The molecule has 0 amide bonds. The van der Waals surface area contributed by atoms with Crippen molar-refractivity contribution >= 4 is 17.5 Å². The van der Waals surface area contributed by atoms with Gasteiger partial charge in [-0.15, -0.1) is 0 Å². The Hall–Kier alpha value is -1.00. The molecule has 0 aliphatic rings. The van der Waals surface area contributed by atoms with Gasteiger partial charge in [0, 0.05) is 23.7 Å². The molecule has 1 aromatic rings. The van der Waals surface area contributed by atoms with E-state index in [4.69, 9.17) is 4.74 Å². The van der Waals surface area contributed by atoms with E-state index in [1.165, 1.54) is 0 Å². The summed E-state index contributed by atoms with van der Waals surface area (Å²) in [5, 5.41) is 0. The third-order valence-electron chi connectivity index (χ3n) is 3.68. The third-order valence-corrected chi connectivity index (χ3v) is 4.32. The maximum Gasteiger partial charge on any atom is 0.159 e. The van der Waals surface area contributed by atoms with Gasteiger partial charge in [0.25, 0.3) is 0 Å². The maximum absolute atomic E-state index is 11.6. The van der Waals surface area contributed by atoms with Crippen molar-refractivity contribution in [2.75, 3.05) is 25.7 Å². The van der Waals surface area contributed by atoms with Crippen LogP contribution in [0.4, 0.5) is 0 Å². The van der Waals surface area contributed by atoms with Crippen LogP contribution in [0.1, 0.15) is 43.1 Å². The van der Waals surface area contributed by atoms with Crippen LogP contribution in [0.5, 0.6) is 5.75 Å². The van der Waals surface area contributed by atoms with Crippen LogP contribution in [0.15, 0.2) is 18.2 Å². The van der Waals surface area contributed by atoms with Crippen LogP contribution >= 0.6 is 11.8 Å². The van der Waals surface area contributed by atoms with Gasteiger partial charge in [-0.2, -0.15) is 11.8 Å². The third kappa shape index (κ3) is 5.71. The number of ketones is 1. The monoisotopic (exact) mass is 309 g/mol. The van der Waals surface area contributed by atoms with Crippen molar-refractivity contribution in [3.05, 3.63) is 29.3 Å². The van der Waals surface area contributed by atoms with Gasteiger partial charge in [0.15, 0.2) is 5.78 Å². The molecule has 0 N–H and O–H groups in total. The van der Waals surface area contributed by atoms with E-state index in [-0.39, 0.29) is 5.78 Å².